The summed E-state index contributed by atoms with van der Waals surface area (Å²) in [6, 6.07) is 8.64. The van der Waals surface area contributed by atoms with Crippen LogP contribution in [-0.4, -0.2) is 43.1 Å². The molecule has 0 fully saturated rings. The molecule has 2 aromatic heterocycles. The molecule has 2 aliphatic rings. The van der Waals surface area contributed by atoms with Crippen molar-refractivity contribution in [3.05, 3.63) is 62.2 Å². The molecule has 2 N–H and O–H groups in total. The van der Waals surface area contributed by atoms with Crippen LogP contribution in [0.15, 0.2) is 35.7 Å². The topological polar surface area (TPSA) is 106 Å². The molecule has 0 saturated heterocycles. The SMILES string of the molecule is CCOC(=O)N1CCc2c(sc3c2C(=O)N[C@@H](c2ccc(OC(=O)c4cccs4)c(OC)c2)N3)C1. The van der Waals surface area contributed by atoms with E-state index in [0.29, 0.717) is 48.1 Å². The Kier molecular flexibility index (Phi) is 6.35. The minimum Gasteiger partial charge on any atom is -0.493 e. The average Bonchev–Trinajstić information content (AvgIpc) is 3.52. The lowest BCUT2D eigenvalue weighted by atomic mass is 10.0. The van der Waals surface area contributed by atoms with Gasteiger partial charge in [-0.2, -0.15) is 0 Å². The number of carbonyl (C=O) groups excluding carboxylic acids is 3. The summed E-state index contributed by atoms with van der Waals surface area (Å²) in [5, 5.41) is 8.97. The summed E-state index contributed by atoms with van der Waals surface area (Å²) in [7, 11) is 1.50. The molecule has 11 heteroatoms. The molecule has 182 valence electrons. The van der Waals surface area contributed by atoms with E-state index in [1.165, 1.54) is 29.8 Å². The molecular formula is C24H23N3O6S2. The predicted molar refractivity (Wildman–Crippen MR) is 132 cm³/mol. The number of ether oxygens (including phenoxy) is 3. The maximum Gasteiger partial charge on any atom is 0.410 e. The normalized spacial score (nSPS) is 16.5. The number of nitrogens with one attached hydrogen (secondary N) is 2. The number of fused-ring (bicyclic) bond motifs is 3. The Morgan fingerprint density at radius 3 is 2.80 bits per heavy atom. The van der Waals surface area contributed by atoms with E-state index in [-0.39, 0.29) is 12.0 Å². The minimum atomic E-state index is -0.493. The Morgan fingerprint density at radius 2 is 2.06 bits per heavy atom. The molecular weight excluding hydrogens is 490 g/mol. The van der Waals surface area contributed by atoms with E-state index in [0.717, 1.165) is 21.0 Å². The molecule has 0 spiro atoms. The van der Waals surface area contributed by atoms with Crippen molar-refractivity contribution in [1.82, 2.24) is 10.2 Å². The summed E-state index contributed by atoms with van der Waals surface area (Å²) in [5.41, 5.74) is 2.36. The molecule has 35 heavy (non-hydrogen) atoms. The van der Waals surface area contributed by atoms with Gasteiger partial charge < -0.3 is 29.7 Å². The van der Waals surface area contributed by atoms with Gasteiger partial charge in [0.2, 0.25) is 0 Å². The van der Waals surface area contributed by atoms with Gasteiger partial charge in [-0.1, -0.05) is 12.1 Å². The number of hydrogen-bond donors (Lipinski definition) is 2. The zero-order valence-electron chi connectivity index (χ0n) is 19.1. The van der Waals surface area contributed by atoms with Gasteiger partial charge in [0.25, 0.3) is 5.91 Å². The maximum absolute atomic E-state index is 13.1. The number of carbonyl (C=O) groups is 3. The van der Waals surface area contributed by atoms with E-state index in [1.807, 2.05) is 0 Å². The van der Waals surface area contributed by atoms with Crippen LogP contribution in [0.4, 0.5) is 9.80 Å². The summed E-state index contributed by atoms with van der Waals surface area (Å²) in [5.74, 6) is 0.0479. The molecule has 0 bridgehead atoms. The third-order valence-corrected chi connectivity index (χ3v) is 7.80. The van der Waals surface area contributed by atoms with Gasteiger partial charge in [0, 0.05) is 11.4 Å². The Balaban J connectivity index is 1.36. The lowest BCUT2D eigenvalue weighted by molar-refractivity contribution is 0.0734. The smallest absolute Gasteiger partial charge is 0.410 e. The van der Waals surface area contributed by atoms with E-state index < -0.39 is 12.1 Å². The zero-order chi connectivity index (χ0) is 24.5. The van der Waals surface area contributed by atoms with Gasteiger partial charge in [0.05, 0.1) is 25.8 Å². The van der Waals surface area contributed by atoms with Crippen molar-refractivity contribution in [2.24, 2.45) is 0 Å². The maximum atomic E-state index is 13.1. The Hall–Kier alpha value is -3.57. The van der Waals surface area contributed by atoms with Crippen LogP contribution in [0.1, 0.15) is 49.1 Å². The van der Waals surface area contributed by atoms with Gasteiger partial charge in [-0.05, 0) is 48.1 Å². The average molecular weight is 514 g/mol. The van der Waals surface area contributed by atoms with Crippen molar-refractivity contribution < 1.29 is 28.6 Å². The highest BCUT2D eigenvalue weighted by Crippen LogP contribution is 2.41. The van der Waals surface area contributed by atoms with Gasteiger partial charge in [-0.25, -0.2) is 9.59 Å². The molecule has 0 unspecified atom stereocenters. The highest BCUT2D eigenvalue weighted by Gasteiger charge is 2.34. The second-order valence-electron chi connectivity index (χ2n) is 7.91. The number of methoxy groups -OCH3 is 1. The van der Waals surface area contributed by atoms with Crippen LogP contribution in [0.25, 0.3) is 0 Å². The van der Waals surface area contributed by atoms with Gasteiger partial charge in [-0.15, -0.1) is 22.7 Å². The fourth-order valence-electron chi connectivity index (χ4n) is 4.15. The largest absolute Gasteiger partial charge is 0.493 e. The van der Waals surface area contributed by atoms with Gasteiger partial charge in [-0.3, -0.25) is 4.79 Å². The first-order chi connectivity index (χ1) is 17.0. The van der Waals surface area contributed by atoms with Gasteiger partial charge >= 0.3 is 12.1 Å². The number of thiophene rings is 2. The number of amides is 2. The molecule has 2 amide bonds. The molecule has 9 nitrogen and oxygen atoms in total. The summed E-state index contributed by atoms with van der Waals surface area (Å²) in [6.07, 6.45) is -0.239. The second kappa shape index (κ2) is 9.59. The van der Waals surface area contributed by atoms with Gasteiger partial charge in [0.15, 0.2) is 11.5 Å². The summed E-state index contributed by atoms with van der Waals surface area (Å²) >= 11 is 2.78. The van der Waals surface area contributed by atoms with Crippen LogP contribution >= 0.6 is 22.7 Å². The molecule has 0 radical (unpaired) electrons. The van der Waals surface area contributed by atoms with Crippen LogP contribution in [0.3, 0.4) is 0 Å². The third kappa shape index (κ3) is 4.44. The van der Waals surface area contributed by atoms with Crippen molar-refractivity contribution in [2.45, 2.75) is 26.1 Å². The molecule has 0 aliphatic carbocycles. The van der Waals surface area contributed by atoms with Crippen molar-refractivity contribution in [3.8, 4) is 11.5 Å². The number of esters is 1. The summed E-state index contributed by atoms with van der Waals surface area (Å²) < 4.78 is 16.1. The van der Waals surface area contributed by atoms with Crippen molar-refractivity contribution in [1.29, 1.82) is 0 Å². The number of hydrogen-bond acceptors (Lipinski definition) is 9. The second-order valence-corrected chi connectivity index (χ2v) is 9.96. The quantitative estimate of drug-likeness (QED) is 0.385. The summed E-state index contributed by atoms with van der Waals surface area (Å²) in [4.78, 5) is 40.7. The van der Waals surface area contributed by atoms with Crippen LogP contribution in [0.2, 0.25) is 0 Å². The summed E-state index contributed by atoms with van der Waals surface area (Å²) in [6.45, 7) is 3.03. The van der Waals surface area contributed by atoms with Crippen LogP contribution in [0.5, 0.6) is 11.5 Å². The number of rotatable bonds is 5. The molecule has 0 saturated carbocycles. The Morgan fingerprint density at radius 1 is 1.20 bits per heavy atom. The molecule has 1 aromatic carbocycles. The molecule has 2 aliphatic heterocycles. The van der Waals surface area contributed by atoms with E-state index >= 15 is 0 Å². The lowest BCUT2D eigenvalue weighted by Gasteiger charge is -2.28. The highest BCUT2D eigenvalue weighted by atomic mass is 32.1. The van der Waals surface area contributed by atoms with Gasteiger partial charge in [0.1, 0.15) is 16.0 Å². The molecule has 4 heterocycles. The van der Waals surface area contributed by atoms with E-state index in [4.69, 9.17) is 14.2 Å². The lowest BCUT2D eigenvalue weighted by Crippen LogP contribution is -2.39. The number of nitrogens with zero attached hydrogens (tertiary/aromatic N) is 1. The van der Waals surface area contributed by atoms with Crippen molar-refractivity contribution in [3.63, 3.8) is 0 Å². The number of benzene rings is 1. The molecule has 3 aromatic rings. The Labute approximate surface area is 209 Å². The third-order valence-electron chi connectivity index (χ3n) is 5.81. The predicted octanol–water partition coefficient (Wildman–Crippen LogP) is 4.41. The van der Waals surface area contributed by atoms with Crippen LogP contribution in [-0.2, 0) is 17.7 Å². The first-order valence-corrected chi connectivity index (χ1v) is 12.7. The minimum absolute atomic E-state index is 0.169. The fourth-order valence-corrected chi connectivity index (χ4v) is 6.03. The van der Waals surface area contributed by atoms with E-state index in [2.05, 4.69) is 10.6 Å². The van der Waals surface area contributed by atoms with E-state index in [9.17, 15) is 14.4 Å². The van der Waals surface area contributed by atoms with Crippen molar-refractivity contribution >= 4 is 45.6 Å². The van der Waals surface area contributed by atoms with Crippen LogP contribution < -0.4 is 20.1 Å². The number of anilines is 1. The standard InChI is InChI=1S/C24H23N3O6S2/c1-3-32-24(30)27-9-8-14-18(12-27)35-22-19(14)21(28)25-20(26-22)13-6-7-15(16(11-13)31-2)33-23(29)17-5-4-10-34-17/h4-7,10-11,20,26H,3,8-9,12H2,1-2H3,(H,25,28)/t20-/m1/s1. The van der Waals surface area contributed by atoms with E-state index in [1.54, 1.807) is 47.5 Å². The van der Waals surface area contributed by atoms with Crippen LogP contribution in [0, 0.1) is 0 Å². The Bertz CT molecular complexity index is 1290. The molecule has 5 rings (SSSR count). The zero-order valence-corrected chi connectivity index (χ0v) is 20.7. The van der Waals surface area contributed by atoms with Crippen molar-refractivity contribution in [2.75, 3.05) is 25.6 Å². The first-order valence-electron chi connectivity index (χ1n) is 11.1. The first kappa shape index (κ1) is 23.2. The fraction of sp³-hybridized carbons (Fsp3) is 0.292. The highest BCUT2D eigenvalue weighted by molar-refractivity contribution is 7.16. The molecule has 1 atom stereocenters. The monoisotopic (exact) mass is 513 g/mol.